The number of rotatable bonds is 3. The third-order valence-electron chi connectivity index (χ3n) is 2.83. The van der Waals surface area contributed by atoms with Crippen molar-refractivity contribution in [2.24, 2.45) is 0 Å². The summed E-state index contributed by atoms with van der Waals surface area (Å²) in [6.45, 7) is 0.591. The zero-order valence-corrected chi connectivity index (χ0v) is 11.9. The average molecular weight is 305 g/mol. The molecule has 0 saturated carbocycles. The minimum atomic E-state index is 0.557. The Balaban J connectivity index is 1.98. The zero-order valence-electron chi connectivity index (χ0n) is 10.4. The smallest absolute Gasteiger partial charge is 0.182 e. The van der Waals surface area contributed by atoms with Crippen molar-refractivity contribution in [1.29, 1.82) is 0 Å². The molecule has 0 N–H and O–H groups in total. The van der Waals surface area contributed by atoms with Gasteiger partial charge in [-0.3, -0.25) is 0 Å². The predicted octanol–water partition coefficient (Wildman–Crippen LogP) is 3.70. The largest absolute Gasteiger partial charge is 0.221 e. The molecular formula is C14H10Cl2N4. The van der Waals surface area contributed by atoms with Crippen LogP contribution in [0, 0.1) is 0 Å². The van der Waals surface area contributed by atoms with Gasteiger partial charge in [-0.05, 0) is 34.2 Å². The average Bonchev–Trinajstić information content (AvgIpc) is 2.87. The van der Waals surface area contributed by atoms with E-state index in [0.717, 1.165) is 11.1 Å². The van der Waals surface area contributed by atoms with Gasteiger partial charge in [0.1, 0.15) is 0 Å². The van der Waals surface area contributed by atoms with Gasteiger partial charge in [0.25, 0.3) is 0 Å². The van der Waals surface area contributed by atoms with Gasteiger partial charge in [-0.25, -0.2) is 4.68 Å². The molecule has 1 heterocycles. The van der Waals surface area contributed by atoms with Crippen LogP contribution in [0.15, 0.2) is 48.5 Å². The first-order chi connectivity index (χ1) is 9.72. The number of aromatic nitrogens is 4. The fraction of sp³-hybridized carbons (Fsp3) is 0.0714. The molecule has 0 saturated heterocycles. The molecule has 100 valence electrons. The third kappa shape index (κ3) is 2.81. The van der Waals surface area contributed by atoms with Gasteiger partial charge in [0, 0.05) is 15.6 Å². The summed E-state index contributed by atoms with van der Waals surface area (Å²) in [6.07, 6.45) is 0. The Morgan fingerprint density at radius 2 is 1.65 bits per heavy atom. The van der Waals surface area contributed by atoms with E-state index in [1.807, 2.05) is 30.3 Å². The summed E-state index contributed by atoms with van der Waals surface area (Å²) in [5.74, 6) is 0.637. The number of tetrazole rings is 1. The van der Waals surface area contributed by atoms with Crippen LogP contribution in [0.2, 0.25) is 10.0 Å². The maximum Gasteiger partial charge on any atom is 0.182 e. The first-order valence-corrected chi connectivity index (χ1v) is 6.74. The highest BCUT2D eigenvalue weighted by Crippen LogP contribution is 2.25. The molecule has 0 aliphatic carbocycles. The predicted molar refractivity (Wildman–Crippen MR) is 78.8 cm³/mol. The molecule has 0 unspecified atom stereocenters. The Morgan fingerprint density at radius 1 is 0.950 bits per heavy atom. The van der Waals surface area contributed by atoms with Crippen LogP contribution in [-0.4, -0.2) is 20.2 Å². The van der Waals surface area contributed by atoms with Gasteiger partial charge < -0.3 is 0 Å². The maximum absolute atomic E-state index is 6.02. The molecule has 0 bridgehead atoms. The molecule has 20 heavy (non-hydrogen) atoms. The standard InChI is InChI=1S/C14H10Cl2N4/c15-12-6-11(7-13(16)8-12)14-17-18-19-20(14)9-10-4-2-1-3-5-10/h1-8H,9H2. The first-order valence-electron chi connectivity index (χ1n) is 5.99. The molecule has 1 aromatic heterocycles. The summed E-state index contributed by atoms with van der Waals surface area (Å²) >= 11 is 12.0. The summed E-state index contributed by atoms with van der Waals surface area (Å²) in [4.78, 5) is 0. The van der Waals surface area contributed by atoms with Crippen LogP contribution in [0.25, 0.3) is 11.4 Å². The number of hydrogen-bond donors (Lipinski definition) is 0. The molecule has 0 amide bonds. The van der Waals surface area contributed by atoms with Crippen molar-refractivity contribution in [1.82, 2.24) is 20.2 Å². The van der Waals surface area contributed by atoms with E-state index >= 15 is 0 Å². The third-order valence-corrected chi connectivity index (χ3v) is 3.26. The van der Waals surface area contributed by atoms with Gasteiger partial charge in [-0.2, -0.15) is 0 Å². The van der Waals surface area contributed by atoms with E-state index in [0.29, 0.717) is 22.4 Å². The summed E-state index contributed by atoms with van der Waals surface area (Å²) in [5, 5.41) is 12.9. The van der Waals surface area contributed by atoms with Crippen molar-refractivity contribution < 1.29 is 0 Å². The van der Waals surface area contributed by atoms with Crippen molar-refractivity contribution in [2.45, 2.75) is 6.54 Å². The van der Waals surface area contributed by atoms with Crippen molar-refractivity contribution in [3.8, 4) is 11.4 Å². The van der Waals surface area contributed by atoms with Gasteiger partial charge in [-0.1, -0.05) is 53.5 Å². The summed E-state index contributed by atoms with van der Waals surface area (Å²) in [6, 6.07) is 15.2. The zero-order chi connectivity index (χ0) is 13.9. The van der Waals surface area contributed by atoms with Gasteiger partial charge >= 0.3 is 0 Å². The van der Waals surface area contributed by atoms with Crippen molar-refractivity contribution in [3.05, 3.63) is 64.1 Å². The van der Waals surface area contributed by atoms with Crippen LogP contribution < -0.4 is 0 Å². The van der Waals surface area contributed by atoms with E-state index in [2.05, 4.69) is 15.5 Å². The Bertz CT molecular complexity index is 705. The minimum Gasteiger partial charge on any atom is -0.221 e. The first kappa shape index (κ1) is 13.1. The van der Waals surface area contributed by atoms with E-state index < -0.39 is 0 Å². The fourth-order valence-corrected chi connectivity index (χ4v) is 2.48. The Kier molecular flexibility index (Phi) is 3.67. The van der Waals surface area contributed by atoms with Gasteiger partial charge in [0.05, 0.1) is 6.54 Å². The normalized spacial score (nSPS) is 10.7. The second-order valence-corrected chi connectivity index (χ2v) is 5.18. The number of hydrogen-bond acceptors (Lipinski definition) is 3. The lowest BCUT2D eigenvalue weighted by molar-refractivity contribution is 0.653. The highest BCUT2D eigenvalue weighted by atomic mass is 35.5. The fourth-order valence-electron chi connectivity index (χ4n) is 1.96. The Morgan fingerprint density at radius 3 is 2.35 bits per heavy atom. The summed E-state index contributed by atoms with van der Waals surface area (Å²) < 4.78 is 1.72. The lowest BCUT2D eigenvalue weighted by Crippen LogP contribution is -2.04. The van der Waals surface area contributed by atoms with E-state index in [9.17, 15) is 0 Å². The lowest BCUT2D eigenvalue weighted by atomic mass is 10.2. The van der Waals surface area contributed by atoms with Crippen LogP contribution in [-0.2, 0) is 6.54 Å². The van der Waals surface area contributed by atoms with E-state index in [1.54, 1.807) is 22.9 Å². The molecule has 4 nitrogen and oxygen atoms in total. The quantitative estimate of drug-likeness (QED) is 0.741. The molecule has 0 aliphatic rings. The van der Waals surface area contributed by atoms with E-state index in [1.165, 1.54) is 0 Å². The number of halogens is 2. The Labute approximate surface area is 126 Å². The Hall–Kier alpha value is -1.91. The molecular weight excluding hydrogens is 295 g/mol. The molecule has 3 rings (SSSR count). The molecule has 2 aromatic carbocycles. The van der Waals surface area contributed by atoms with E-state index in [4.69, 9.17) is 23.2 Å². The van der Waals surface area contributed by atoms with Crippen LogP contribution in [0.4, 0.5) is 0 Å². The molecule has 0 atom stereocenters. The van der Waals surface area contributed by atoms with Crippen molar-refractivity contribution in [3.63, 3.8) is 0 Å². The monoisotopic (exact) mass is 304 g/mol. The van der Waals surface area contributed by atoms with Crippen molar-refractivity contribution >= 4 is 23.2 Å². The highest BCUT2D eigenvalue weighted by molar-refractivity contribution is 6.35. The van der Waals surface area contributed by atoms with Crippen molar-refractivity contribution in [2.75, 3.05) is 0 Å². The van der Waals surface area contributed by atoms with Gasteiger partial charge in [0.2, 0.25) is 0 Å². The van der Waals surface area contributed by atoms with Crippen LogP contribution in [0.1, 0.15) is 5.56 Å². The van der Waals surface area contributed by atoms with Gasteiger partial charge in [-0.15, -0.1) is 5.10 Å². The second kappa shape index (κ2) is 5.61. The van der Waals surface area contributed by atoms with Crippen LogP contribution in [0.5, 0.6) is 0 Å². The van der Waals surface area contributed by atoms with E-state index in [-0.39, 0.29) is 0 Å². The topological polar surface area (TPSA) is 43.6 Å². The number of benzene rings is 2. The molecule has 0 radical (unpaired) electrons. The van der Waals surface area contributed by atoms with Gasteiger partial charge in [0.15, 0.2) is 5.82 Å². The lowest BCUT2D eigenvalue weighted by Gasteiger charge is -2.05. The molecule has 6 heteroatoms. The van der Waals surface area contributed by atoms with Crippen LogP contribution >= 0.6 is 23.2 Å². The highest BCUT2D eigenvalue weighted by Gasteiger charge is 2.10. The summed E-state index contributed by atoms with van der Waals surface area (Å²) in [7, 11) is 0. The number of nitrogens with zero attached hydrogens (tertiary/aromatic N) is 4. The summed E-state index contributed by atoms with van der Waals surface area (Å²) in [5.41, 5.74) is 1.91. The molecule has 3 aromatic rings. The molecule has 0 aliphatic heterocycles. The van der Waals surface area contributed by atoms with Crippen LogP contribution in [0.3, 0.4) is 0 Å². The molecule has 0 spiro atoms. The molecule has 0 fully saturated rings. The minimum absolute atomic E-state index is 0.557. The second-order valence-electron chi connectivity index (χ2n) is 4.30. The SMILES string of the molecule is Clc1cc(Cl)cc(-c2nnnn2Cc2ccccc2)c1. The maximum atomic E-state index is 6.02.